The van der Waals surface area contributed by atoms with Crippen molar-refractivity contribution in [1.29, 1.82) is 0 Å². The average molecular weight is 548 g/mol. The van der Waals surface area contributed by atoms with E-state index in [4.69, 9.17) is 9.47 Å². The highest BCUT2D eigenvalue weighted by atomic mass is 16.6. The number of carbonyl (C=O) groups excluding carboxylic acids is 3. The average Bonchev–Trinajstić information content (AvgIpc) is 2.96. The van der Waals surface area contributed by atoms with E-state index in [1.165, 1.54) is 25.3 Å². The van der Waals surface area contributed by atoms with Gasteiger partial charge in [-0.3, -0.25) is 19.8 Å². The van der Waals surface area contributed by atoms with Crippen molar-refractivity contribution in [3.63, 3.8) is 0 Å². The van der Waals surface area contributed by atoms with Crippen LogP contribution in [0, 0.1) is 16.0 Å². The number of benzene rings is 2. The largest absolute Gasteiger partial charge is 0.466 e. The molecule has 2 aliphatic rings. The highest BCUT2D eigenvalue weighted by Gasteiger charge is 2.38. The van der Waals surface area contributed by atoms with Crippen LogP contribution in [0.1, 0.15) is 48.5 Å². The van der Waals surface area contributed by atoms with Gasteiger partial charge in [0.2, 0.25) is 0 Å². The van der Waals surface area contributed by atoms with E-state index in [0.717, 1.165) is 31.5 Å². The Morgan fingerprint density at radius 3 is 2.25 bits per heavy atom. The molecule has 1 unspecified atom stereocenters. The van der Waals surface area contributed by atoms with Crippen LogP contribution < -0.4 is 5.32 Å². The molecule has 1 N–H and O–H groups in total. The lowest BCUT2D eigenvalue weighted by Gasteiger charge is -2.32. The van der Waals surface area contributed by atoms with Crippen LogP contribution in [0.5, 0.6) is 0 Å². The van der Waals surface area contributed by atoms with Gasteiger partial charge >= 0.3 is 11.9 Å². The third kappa shape index (κ3) is 6.28. The summed E-state index contributed by atoms with van der Waals surface area (Å²) in [5.74, 6) is -2.03. The molecule has 0 radical (unpaired) electrons. The maximum absolute atomic E-state index is 13.4. The van der Waals surface area contributed by atoms with Gasteiger partial charge in [0.15, 0.2) is 5.78 Å². The molecule has 210 valence electrons. The lowest BCUT2D eigenvalue weighted by molar-refractivity contribution is -0.384. The fraction of sp³-hybridized carbons (Fsp3) is 0.367. The lowest BCUT2D eigenvalue weighted by atomic mass is 9.80. The van der Waals surface area contributed by atoms with Gasteiger partial charge in [-0.1, -0.05) is 42.5 Å². The number of Topliss-reactive ketones (excluding diaryl/α,β-unsaturated/α-hetero) is 1. The number of likely N-dealkylation sites (tertiary alicyclic amines) is 1. The molecule has 2 aromatic rings. The second-order valence-electron chi connectivity index (χ2n) is 9.96. The van der Waals surface area contributed by atoms with Gasteiger partial charge in [0, 0.05) is 41.6 Å². The summed E-state index contributed by atoms with van der Waals surface area (Å²) >= 11 is 0. The Morgan fingerprint density at radius 1 is 0.975 bits per heavy atom. The fourth-order valence-corrected chi connectivity index (χ4v) is 5.40. The molecule has 40 heavy (non-hydrogen) atoms. The number of dihydropyridines is 1. The normalized spacial score (nSPS) is 18.2. The predicted molar refractivity (Wildman–Crippen MR) is 147 cm³/mol. The van der Waals surface area contributed by atoms with E-state index in [1.807, 2.05) is 30.3 Å². The second-order valence-corrected chi connectivity index (χ2v) is 9.96. The Kier molecular flexibility index (Phi) is 9.11. The summed E-state index contributed by atoms with van der Waals surface area (Å²) in [6.45, 7) is 5.44. The first kappa shape index (κ1) is 28.7. The number of carbonyl (C=O) groups is 3. The molecule has 0 aliphatic carbocycles. The molecule has 1 fully saturated rings. The van der Waals surface area contributed by atoms with E-state index in [9.17, 15) is 24.5 Å². The Balaban J connectivity index is 1.43. The van der Waals surface area contributed by atoms with Crippen LogP contribution in [0.4, 0.5) is 5.69 Å². The monoisotopic (exact) mass is 547 g/mol. The van der Waals surface area contributed by atoms with E-state index in [1.54, 1.807) is 19.9 Å². The van der Waals surface area contributed by atoms with Gasteiger partial charge in [0.1, 0.15) is 6.61 Å². The number of ketones is 1. The zero-order chi connectivity index (χ0) is 28.8. The quantitative estimate of drug-likeness (QED) is 0.213. The zero-order valence-corrected chi connectivity index (χ0v) is 22.8. The number of non-ortho nitro benzene ring substituents is 1. The Bertz CT molecular complexity index is 1360. The smallest absolute Gasteiger partial charge is 0.336 e. The van der Waals surface area contributed by atoms with Crippen molar-refractivity contribution >= 4 is 23.4 Å². The number of rotatable bonds is 9. The van der Waals surface area contributed by atoms with Gasteiger partial charge in [0.05, 0.1) is 29.1 Å². The number of hydrogen-bond acceptors (Lipinski definition) is 9. The molecular weight excluding hydrogens is 514 g/mol. The number of nitrogens with one attached hydrogen (secondary N) is 1. The maximum atomic E-state index is 13.4. The van der Waals surface area contributed by atoms with Gasteiger partial charge in [-0.15, -0.1) is 0 Å². The zero-order valence-electron chi connectivity index (χ0n) is 22.8. The van der Waals surface area contributed by atoms with Crippen LogP contribution in [-0.2, 0) is 19.1 Å². The van der Waals surface area contributed by atoms with E-state index in [0.29, 0.717) is 23.5 Å². The maximum Gasteiger partial charge on any atom is 0.336 e. The van der Waals surface area contributed by atoms with Crippen LogP contribution in [0.25, 0.3) is 0 Å². The van der Waals surface area contributed by atoms with Crippen LogP contribution in [0.3, 0.4) is 0 Å². The highest BCUT2D eigenvalue weighted by Crippen LogP contribution is 2.40. The number of nitro groups is 1. The van der Waals surface area contributed by atoms with Crippen LogP contribution in [0.15, 0.2) is 77.1 Å². The Labute approximate surface area is 232 Å². The minimum Gasteiger partial charge on any atom is -0.466 e. The molecule has 2 aromatic carbocycles. The van der Waals surface area contributed by atoms with Gasteiger partial charge in [-0.05, 0) is 45.3 Å². The summed E-state index contributed by atoms with van der Waals surface area (Å²) in [5.41, 5.74) is 2.35. The summed E-state index contributed by atoms with van der Waals surface area (Å²) in [4.78, 5) is 52.0. The summed E-state index contributed by atoms with van der Waals surface area (Å²) < 4.78 is 10.7. The van der Waals surface area contributed by atoms with Crippen molar-refractivity contribution < 1.29 is 28.8 Å². The van der Waals surface area contributed by atoms with Crippen molar-refractivity contribution in [3.8, 4) is 0 Å². The summed E-state index contributed by atoms with van der Waals surface area (Å²) in [7, 11) is 1.24. The highest BCUT2D eigenvalue weighted by molar-refractivity contribution is 6.00. The molecule has 4 rings (SSSR count). The van der Waals surface area contributed by atoms with E-state index in [-0.39, 0.29) is 35.1 Å². The van der Waals surface area contributed by atoms with Gasteiger partial charge in [-0.2, -0.15) is 0 Å². The minimum absolute atomic E-state index is 0.0234. The second kappa shape index (κ2) is 12.7. The third-order valence-electron chi connectivity index (χ3n) is 7.46. The molecule has 10 nitrogen and oxygen atoms in total. The van der Waals surface area contributed by atoms with Crippen molar-refractivity contribution in [1.82, 2.24) is 10.2 Å². The molecule has 2 heterocycles. The number of esters is 2. The SMILES string of the molecule is COC(=O)C1=C(C)NC(C)=C(C(=O)OCCN2CCC(C(=O)c3ccccc3)CC2)C1c1cccc([N+](=O)[O-])c1. The number of methoxy groups -OCH3 is 1. The molecule has 1 atom stereocenters. The lowest BCUT2D eigenvalue weighted by Crippen LogP contribution is -2.39. The number of nitrogens with zero attached hydrogens (tertiary/aromatic N) is 2. The van der Waals surface area contributed by atoms with Crippen molar-refractivity contribution in [2.45, 2.75) is 32.6 Å². The van der Waals surface area contributed by atoms with Crippen molar-refractivity contribution in [2.24, 2.45) is 5.92 Å². The first-order chi connectivity index (χ1) is 19.2. The first-order valence-electron chi connectivity index (χ1n) is 13.2. The predicted octanol–water partition coefficient (Wildman–Crippen LogP) is 4.14. The molecule has 0 bridgehead atoms. The summed E-state index contributed by atoms with van der Waals surface area (Å²) in [6, 6.07) is 15.2. The van der Waals surface area contributed by atoms with Crippen LogP contribution >= 0.6 is 0 Å². The standard InChI is InChI=1S/C30H33N3O7/c1-19-25(29(35)39-3)27(23-10-7-11-24(18-23)33(37)38)26(20(2)31-19)30(36)40-17-16-32-14-12-22(13-15-32)28(34)21-8-5-4-6-9-21/h4-11,18,22,27,31H,12-17H2,1-3H3. The van der Waals surface area contributed by atoms with Crippen molar-refractivity contribution in [2.75, 3.05) is 33.4 Å². The summed E-state index contributed by atoms with van der Waals surface area (Å²) in [6.07, 6.45) is 1.47. The molecule has 0 amide bonds. The van der Waals surface area contributed by atoms with Gasteiger partial charge in [0.25, 0.3) is 5.69 Å². The molecule has 0 aromatic heterocycles. The molecule has 1 saturated heterocycles. The van der Waals surface area contributed by atoms with Crippen molar-refractivity contribution in [3.05, 3.63) is 98.4 Å². The fourth-order valence-electron chi connectivity index (χ4n) is 5.40. The van der Waals surface area contributed by atoms with Gasteiger partial charge < -0.3 is 14.8 Å². The van der Waals surface area contributed by atoms with E-state index < -0.39 is 22.8 Å². The number of hydrogen-bond donors (Lipinski definition) is 1. The molecule has 0 saturated carbocycles. The Hall–Kier alpha value is -4.31. The minimum atomic E-state index is -0.902. The van der Waals surface area contributed by atoms with E-state index in [2.05, 4.69) is 10.2 Å². The number of piperidine rings is 1. The van der Waals surface area contributed by atoms with Gasteiger partial charge in [-0.25, -0.2) is 9.59 Å². The molecule has 2 aliphatic heterocycles. The molecular formula is C30H33N3O7. The van der Waals surface area contributed by atoms with E-state index >= 15 is 0 Å². The topological polar surface area (TPSA) is 128 Å². The number of ether oxygens (including phenoxy) is 2. The van der Waals surface area contributed by atoms with Crippen LogP contribution in [0.2, 0.25) is 0 Å². The number of allylic oxidation sites excluding steroid dienone is 2. The Morgan fingerprint density at radius 2 is 1.62 bits per heavy atom. The third-order valence-corrected chi connectivity index (χ3v) is 7.46. The van der Waals surface area contributed by atoms with Crippen LogP contribution in [-0.4, -0.2) is 60.9 Å². The number of nitro benzene ring substituents is 1. The molecule has 0 spiro atoms. The summed E-state index contributed by atoms with van der Waals surface area (Å²) in [5, 5.41) is 14.5. The molecule has 10 heteroatoms. The first-order valence-corrected chi connectivity index (χ1v) is 13.2.